The average molecular weight is 379 g/mol. The van der Waals surface area contributed by atoms with Gasteiger partial charge in [-0.2, -0.15) is 10.5 Å². The Morgan fingerprint density at radius 3 is 2.14 bits per heavy atom. The van der Waals surface area contributed by atoms with Crippen LogP contribution in [0.15, 0.2) is 66.7 Å². The number of nitriles is 2. The number of imide groups is 1. The van der Waals surface area contributed by atoms with Crippen LogP contribution in [0.3, 0.4) is 0 Å². The van der Waals surface area contributed by atoms with Crippen LogP contribution in [0.4, 0.5) is 5.69 Å². The van der Waals surface area contributed by atoms with Gasteiger partial charge < -0.3 is 5.11 Å². The average Bonchev–Trinajstić information content (AvgIpc) is 3.02. The first-order chi connectivity index (χ1) is 14.0. The van der Waals surface area contributed by atoms with E-state index in [4.69, 9.17) is 5.26 Å². The Hall–Kier alpha value is -4.26. The van der Waals surface area contributed by atoms with E-state index in [1.54, 1.807) is 30.3 Å². The molecule has 4 rings (SSSR count). The summed E-state index contributed by atoms with van der Waals surface area (Å²) in [6.07, 6.45) is -0.932. The van der Waals surface area contributed by atoms with E-state index in [1.807, 2.05) is 18.2 Å². The second kappa shape index (κ2) is 7.05. The van der Waals surface area contributed by atoms with Crippen LogP contribution in [0, 0.1) is 22.7 Å². The van der Waals surface area contributed by atoms with Crippen LogP contribution >= 0.6 is 0 Å². The summed E-state index contributed by atoms with van der Waals surface area (Å²) in [5, 5.41) is 28.9. The van der Waals surface area contributed by atoms with Crippen LogP contribution in [-0.4, -0.2) is 16.9 Å². The van der Waals surface area contributed by atoms with E-state index in [2.05, 4.69) is 0 Å². The number of carbonyl (C=O) groups is 2. The summed E-state index contributed by atoms with van der Waals surface area (Å²) in [4.78, 5) is 26.7. The molecule has 0 aromatic heterocycles. The summed E-state index contributed by atoms with van der Waals surface area (Å²) in [6, 6.07) is 21.7. The molecule has 0 aliphatic carbocycles. The molecule has 1 aliphatic rings. The predicted octanol–water partition coefficient (Wildman–Crippen LogP) is 3.31. The quantitative estimate of drug-likeness (QED) is 0.703. The van der Waals surface area contributed by atoms with E-state index < -0.39 is 17.9 Å². The lowest BCUT2D eigenvalue weighted by atomic mass is 9.98. The van der Waals surface area contributed by atoms with Crippen LogP contribution in [0.5, 0.6) is 0 Å². The number of aliphatic hydroxyl groups excluding tert-OH is 1. The zero-order valence-electron chi connectivity index (χ0n) is 15.0. The Bertz CT molecular complexity index is 1240. The molecule has 1 atom stereocenters. The molecule has 29 heavy (non-hydrogen) atoms. The van der Waals surface area contributed by atoms with Crippen molar-refractivity contribution >= 4 is 17.5 Å². The van der Waals surface area contributed by atoms with Crippen LogP contribution in [0.1, 0.15) is 49.1 Å². The van der Waals surface area contributed by atoms with Gasteiger partial charge >= 0.3 is 0 Å². The summed E-state index contributed by atoms with van der Waals surface area (Å²) in [6.45, 7) is 0. The van der Waals surface area contributed by atoms with E-state index in [9.17, 15) is 20.0 Å². The fourth-order valence-corrected chi connectivity index (χ4v) is 3.35. The van der Waals surface area contributed by atoms with Crippen LogP contribution in [-0.2, 0) is 0 Å². The van der Waals surface area contributed by atoms with Crippen molar-refractivity contribution in [3.63, 3.8) is 0 Å². The Kier molecular flexibility index (Phi) is 4.40. The predicted molar refractivity (Wildman–Crippen MR) is 104 cm³/mol. The molecule has 0 radical (unpaired) electrons. The zero-order chi connectivity index (χ0) is 20.5. The molecular formula is C23H13N3O3. The third-order valence-electron chi connectivity index (χ3n) is 4.84. The number of amides is 2. The summed E-state index contributed by atoms with van der Waals surface area (Å²) in [5.41, 5.74) is 2.05. The van der Waals surface area contributed by atoms with Gasteiger partial charge in [0.1, 0.15) is 18.2 Å². The molecule has 3 aromatic rings. The number of benzene rings is 3. The minimum atomic E-state index is -0.932. The lowest BCUT2D eigenvalue weighted by Gasteiger charge is -2.14. The van der Waals surface area contributed by atoms with Crippen molar-refractivity contribution in [1.29, 1.82) is 10.5 Å². The minimum absolute atomic E-state index is 0.0849. The number of hydrogen-bond donors (Lipinski definition) is 1. The summed E-state index contributed by atoms with van der Waals surface area (Å²) >= 11 is 0. The van der Waals surface area contributed by atoms with E-state index in [0.717, 1.165) is 4.90 Å². The maximum Gasteiger partial charge on any atom is 0.266 e. The molecular weight excluding hydrogens is 366 g/mol. The smallest absolute Gasteiger partial charge is 0.266 e. The molecule has 0 bridgehead atoms. The maximum absolute atomic E-state index is 12.9. The molecule has 1 aliphatic heterocycles. The van der Waals surface area contributed by atoms with Gasteiger partial charge in [-0.1, -0.05) is 36.4 Å². The van der Waals surface area contributed by atoms with Crippen molar-refractivity contribution in [2.75, 3.05) is 4.90 Å². The molecule has 2 amide bonds. The molecule has 0 saturated heterocycles. The monoisotopic (exact) mass is 379 g/mol. The second-order valence-corrected chi connectivity index (χ2v) is 6.52. The SMILES string of the molecule is N#Cc1ccc(N2C(=O)c3ccc(C(O)c4ccccc4)cc3C2=O)cc1C#N. The molecule has 1 unspecified atom stereocenters. The highest BCUT2D eigenvalue weighted by molar-refractivity contribution is 6.34. The van der Waals surface area contributed by atoms with Gasteiger partial charge in [0.2, 0.25) is 0 Å². The van der Waals surface area contributed by atoms with Gasteiger partial charge in [0.25, 0.3) is 11.8 Å². The summed E-state index contributed by atoms with van der Waals surface area (Å²) in [7, 11) is 0. The largest absolute Gasteiger partial charge is 0.384 e. The van der Waals surface area contributed by atoms with E-state index in [-0.39, 0.29) is 27.9 Å². The van der Waals surface area contributed by atoms with E-state index in [0.29, 0.717) is 11.1 Å². The van der Waals surface area contributed by atoms with Crippen LogP contribution < -0.4 is 4.90 Å². The molecule has 1 heterocycles. The van der Waals surface area contributed by atoms with E-state index >= 15 is 0 Å². The van der Waals surface area contributed by atoms with Gasteiger partial charge in [0.15, 0.2) is 0 Å². The molecule has 6 heteroatoms. The van der Waals surface area contributed by atoms with Crippen LogP contribution in [0.2, 0.25) is 0 Å². The van der Waals surface area contributed by atoms with Gasteiger partial charge in [-0.15, -0.1) is 0 Å². The van der Waals surface area contributed by atoms with E-state index in [1.165, 1.54) is 30.3 Å². The number of nitrogens with zero attached hydrogens (tertiary/aromatic N) is 3. The van der Waals surface area contributed by atoms with Crippen molar-refractivity contribution in [2.45, 2.75) is 6.10 Å². The van der Waals surface area contributed by atoms with Gasteiger partial charge in [-0.25, -0.2) is 4.90 Å². The van der Waals surface area contributed by atoms with Crippen molar-refractivity contribution < 1.29 is 14.7 Å². The maximum atomic E-state index is 12.9. The number of aliphatic hydroxyl groups is 1. The normalized spacial score (nSPS) is 13.6. The van der Waals surface area contributed by atoms with Gasteiger partial charge in [-0.05, 0) is 41.5 Å². The van der Waals surface area contributed by atoms with Crippen LogP contribution in [0.25, 0.3) is 0 Å². The highest BCUT2D eigenvalue weighted by Crippen LogP contribution is 2.32. The Morgan fingerprint density at radius 2 is 1.45 bits per heavy atom. The first-order valence-corrected chi connectivity index (χ1v) is 8.75. The highest BCUT2D eigenvalue weighted by atomic mass is 16.3. The highest BCUT2D eigenvalue weighted by Gasteiger charge is 2.37. The lowest BCUT2D eigenvalue weighted by Crippen LogP contribution is -2.29. The fraction of sp³-hybridized carbons (Fsp3) is 0.0435. The first-order valence-electron chi connectivity index (χ1n) is 8.75. The minimum Gasteiger partial charge on any atom is -0.384 e. The standard InChI is InChI=1S/C23H13N3O3/c24-12-16-6-8-18(10-17(16)13-25)26-22(28)19-9-7-15(11-20(19)23(26)29)21(27)14-4-2-1-3-5-14/h1-11,21,27H. The number of carbonyl (C=O) groups excluding carboxylic acids is 2. The van der Waals surface area contributed by atoms with Gasteiger partial charge in [-0.3, -0.25) is 9.59 Å². The number of anilines is 1. The third-order valence-corrected chi connectivity index (χ3v) is 4.84. The summed E-state index contributed by atoms with van der Waals surface area (Å²) < 4.78 is 0. The lowest BCUT2D eigenvalue weighted by molar-refractivity contribution is 0.0926. The second-order valence-electron chi connectivity index (χ2n) is 6.52. The number of fused-ring (bicyclic) bond motifs is 1. The number of hydrogen-bond acceptors (Lipinski definition) is 5. The fourth-order valence-electron chi connectivity index (χ4n) is 3.35. The summed E-state index contributed by atoms with van der Waals surface area (Å²) in [5.74, 6) is -1.06. The van der Waals surface area contributed by atoms with Crippen molar-refractivity contribution in [1.82, 2.24) is 0 Å². The topological polar surface area (TPSA) is 105 Å². The number of rotatable bonds is 3. The first kappa shape index (κ1) is 18.1. The van der Waals surface area contributed by atoms with Crippen molar-refractivity contribution in [3.05, 3.63) is 100 Å². The van der Waals surface area contributed by atoms with Crippen molar-refractivity contribution in [2.24, 2.45) is 0 Å². The Balaban J connectivity index is 1.73. The van der Waals surface area contributed by atoms with Crippen molar-refractivity contribution in [3.8, 4) is 12.1 Å². The van der Waals surface area contributed by atoms with Gasteiger partial charge in [0.05, 0.1) is 27.9 Å². The molecule has 3 aromatic carbocycles. The molecule has 0 saturated carbocycles. The Labute approximate surface area is 166 Å². The zero-order valence-corrected chi connectivity index (χ0v) is 15.0. The van der Waals surface area contributed by atoms with Gasteiger partial charge in [0, 0.05) is 0 Å². The molecule has 1 N–H and O–H groups in total. The molecule has 0 fully saturated rings. The third kappa shape index (κ3) is 2.94. The molecule has 6 nitrogen and oxygen atoms in total. The molecule has 138 valence electrons. The molecule has 0 spiro atoms. The Morgan fingerprint density at radius 1 is 0.759 bits per heavy atom.